The zero-order chi connectivity index (χ0) is 13.5. The van der Waals surface area contributed by atoms with Crippen molar-refractivity contribution in [1.82, 2.24) is 5.32 Å². The van der Waals surface area contributed by atoms with E-state index in [0.717, 1.165) is 6.07 Å². The van der Waals surface area contributed by atoms with Crippen LogP contribution in [0.25, 0.3) is 0 Å². The van der Waals surface area contributed by atoms with Crippen LogP contribution in [0.15, 0.2) is 30.9 Å². The molecule has 0 aliphatic carbocycles. The van der Waals surface area contributed by atoms with E-state index in [2.05, 4.69) is 11.9 Å². The number of amides is 1. The van der Waals surface area contributed by atoms with Gasteiger partial charge in [0.1, 0.15) is 11.6 Å². The summed E-state index contributed by atoms with van der Waals surface area (Å²) in [6.45, 7) is 5.10. The Bertz CT molecular complexity index is 432. The molecule has 0 saturated heterocycles. The van der Waals surface area contributed by atoms with E-state index in [9.17, 15) is 14.3 Å². The Hall–Kier alpha value is -1.88. The molecule has 0 bridgehead atoms. The van der Waals surface area contributed by atoms with E-state index in [1.54, 1.807) is 6.08 Å². The number of carbonyl (C=O) groups is 1. The van der Waals surface area contributed by atoms with Gasteiger partial charge in [-0.3, -0.25) is 4.79 Å². The van der Waals surface area contributed by atoms with E-state index in [-0.39, 0.29) is 23.8 Å². The molecule has 2 N–H and O–H groups in total. The van der Waals surface area contributed by atoms with Crippen molar-refractivity contribution >= 4 is 5.91 Å². The Morgan fingerprint density at radius 1 is 1.67 bits per heavy atom. The molecule has 0 radical (unpaired) electrons. The van der Waals surface area contributed by atoms with Gasteiger partial charge in [0.15, 0.2) is 6.61 Å². The molecule has 5 heteroatoms. The Morgan fingerprint density at radius 3 is 2.94 bits per heavy atom. The largest absolute Gasteiger partial charge is 0.484 e. The maximum absolute atomic E-state index is 13.5. The van der Waals surface area contributed by atoms with Crippen LogP contribution in [-0.2, 0) is 4.79 Å². The van der Waals surface area contributed by atoms with Gasteiger partial charge in [-0.1, -0.05) is 6.08 Å². The first-order valence-electron chi connectivity index (χ1n) is 5.52. The van der Waals surface area contributed by atoms with Gasteiger partial charge in [0.2, 0.25) is 0 Å². The summed E-state index contributed by atoms with van der Waals surface area (Å²) in [5.74, 6) is -0.630. The fourth-order valence-corrected chi connectivity index (χ4v) is 1.32. The number of hydrogen-bond acceptors (Lipinski definition) is 3. The summed E-state index contributed by atoms with van der Waals surface area (Å²) in [5.41, 5.74) is 0.193. The molecule has 1 unspecified atom stereocenters. The number of aliphatic hydroxyl groups excluding tert-OH is 1. The Balaban J connectivity index is 2.56. The van der Waals surface area contributed by atoms with Gasteiger partial charge in [-0.05, 0) is 19.1 Å². The normalized spacial score (nSPS) is 11.7. The molecule has 1 aromatic carbocycles. The van der Waals surface area contributed by atoms with Crippen LogP contribution in [-0.4, -0.2) is 24.2 Å². The second kappa shape index (κ2) is 6.76. The van der Waals surface area contributed by atoms with E-state index in [4.69, 9.17) is 4.74 Å². The third-order valence-electron chi connectivity index (χ3n) is 2.24. The molecule has 4 nitrogen and oxygen atoms in total. The summed E-state index contributed by atoms with van der Waals surface area (Å²) < 4.78 is 18.6. The van der Waals surface area contributed by atoms with Crippen molar-refractivity contribution in [1.29, 1.82) is 0 Å². The summed E-state index contributed by atoms with van der Waals surface area (Å²) in [5, 5.41) is 11.8. The third kappa shape index (κ3) is 4.18. The molecular formula is C13H16FNO3. The summed E-state index contributed by atoms with van der Waals surface area (Å²) in [6, 6.07) is 4.08. The summed E-state index contributed by atoms with van der Waals surface area (Å²) in [7, 11) is 0. The molecule has 0 spiro atoms. The van der Waals surface area contributed by atoms with Gasteiger partial charge in [-0.25, -0.2) is 4.39 Å². The lowest BCUT2D eigenvalue weighted by atomic mass is 10.1. The molecule has 1 amide bonds. The van der Waals surface area contributed by atoms with Crippen molar-refractivity contribution in [2.75, 3.05) is 13.2 Å². The molecule has 0 saturated carbocycles. The Labute approximate surface area is 105 Å². The van der Waals surface area contributed by atoms with E-state index in [0.29, 0.717) is 6.54 Å². The second-order valence-corrected chi connectivity index (χ2v) is 3.74. The zero-order valence-electron chi connectivity index (χ0n) is 10.1. The van der Waals surface area contributed by atoms with Gasteiger partial charge >= 0.3 is 0 Å². The minimum absolute atomic E-state index is 0.193. The molecule has 1 atom stereocenters. The van der Waals surface area contributed by atoms with Gasteiger partial charge in [0.05, 0.1) is 6.10 Å². The molecule has 0 aliphatic rings. The monoisotopic (exact) mass is 253 g/mol. The van der Waals surface area contributed by atoms with Gasteiger partial charge in [0.25, 0.3) is 5.91 Å². The van der Waals surface area contributed by atoms with Gasteiger partial charge in [-0.2, -0.15) is 0 Å². The van der Waals surface area contributed by atoms with Crippen molar-refractivity contribution in [2.24, 2.45) is 0 Å². The highest BCUT2D eigenvalue weighted by atomic mass is 19.1. The fraction of sp³-hybridized carbons (Fsp3) is 0.308. The van der Waals surface area contributed by atoms with E-state index in [1.165, 1.54) is 19.1 Å². The number of ether oxygens (including phenoxy) is 1. The SMILES string of the molecule is C=CCNC(=O)COc1ccc(C(C)O)c(F)c1. The quantitative estimate of drug-likeness (QED) is 0.756. The van der Waals surface area contributed by atoms with E-state index in [1.807, 2.05) is 0 Å². The molecule has 0 fully saturated rings. The number of benzene rings is 1. The van der Waals surface area contributed by atoms with Crippen LogP contribution in [0, 0.1) is 5.82 Å². The molecule has 18 heavy (non-hydrogen) atoms. The molecule has 1 aromatic rings. The number of rotatable bonds is 6. The second-order valence-electron chi connectivity index (χ2n) is 3.74. The molecule has 0 aliphatic heterocycles. The lowest BCUT2D eigenvalue weighted by Crippen LogP contribution is -2.28. The fourth-order valence-electron chi connectivity index (χ4n) is 1.32. The maximum Gasteiger partial charge on any atom is 0.258 e. The van der Waals surface area contributed by atoms with Gasteiger partial charge in [-0.15, -0.1) is 6.58 Å². The number of carbonyl (C=O) groups excluding carboxylic acids is 1. The van der Waals surface area contributed by atoms with Gasteiger partial charge < -0.3 is 15.2 Å². The highest BCUT2D eigenvalue weighted by Crippen LogP contribution is 2.21. The minimum atomic E-state index is -0.880. The maximum atomic E-state index is 13.5. The number of nitrogens with one attached hydrogen (secondary N) is 1. The number of hydrogen-bond donors (Lipinski definition) is 2. The van der Waals surface area contributed by atoms with Crippen molar-refractivity contribution in [2.45, 2.75) is 13.0 Å². The highest BCUT2D eigenvalue weighted by molar-refractivity contribution is 5.77. The molecule has 98 valence electrons. The smallest absolute Gasteiger partial charge is 0.258 e. The van der Waals surface area contributed by atoms with Crippen molar-refractivity contribution in [3.8, 4) is 5.75 Å². The molecule has 0 aromatic heterocycles. The Kier molecular flexibility index (Phi) is 5.32. The molecule has 0 heterocycles. The van der Waals surface area contributed by atoms with Crippen LogP contribution in [0.3, 0.4) is 0 Å². The minimum Gasteiger partial charge on any atom is -0.484 e. The molecular weight excluding hydrogens is 237 g/mol. The first kappa shape index (κ1) is 14.2. The third-order valence-corrected chi connectivity index (χ3v) is 2.24. The van der Waals surface area contributed by atoms with Gasteiger partial charge in [0, 0.05) is 18.2 Å². The summed E-state index contributed by atoms with van der Waals surface area (Å²) >= 11 is 0. The zero-order valence-corrected chi connectivity index (χ0v) is 10.1. The lowest BCUT2D eigenvalue weighted by molar-refractivity contribution is -0.122. The van der Waals surface area contributed by atoms with Crippen molar-refractivity contribution in [3.63, 3.8) is 0 Å². The number of halogens is 1. The first-order chi connectivity index (χ1) is 8.54. The standard InChI is InChI=1S/C13H16FNO3/c1-3-6-15-13(17)8-18-10-4-5-11(9(2)16)12(14)7-10/h3-5,7,9,16H,1,6,8H2,2H3,(H,15,17). The average Bonchev–Trinajstić information content (AvgIpc) is 2.33. The van der Waals surface area contributed by atoms with Crippen LogP contribution in [0.2, 0.25) is 0 Å². The predicted octanol–water partition coefficient (Wildman–Crippen LogP) is 1.56. The summed E-state index contributed by atoms with van der Waals surface area (Å²) in [4.78, 5) is 11.2. The summed E-state index contributed by atoms with van der Waals surface area (Å²) in [6.07, 6.45) is 0.671. The first-order valence-corrected chi connectivity index (χ1v) is 5.52. The van der Waals surface area contributed by atoms with Crippen molar-refractivity contribution in [3.05, 3.63) is 42.2 Å². The predicted molar refractivity (Wildman–Crippen MR) is 65.7 cm³/mol. The molecule has 1 rings (SSSR count). The van der Waals surface area contributed by atoms with Crippen molar-refractivity contribution < 1.29 is 19.0 Å². The highest BCUT2D eigenvalue weighted by Gasteiger charge is 2.09. The lowest BCUT2D eigenvalue weighted by Gasteiger charge is -2.09. The number of aliphatic hydroxyl groups is 1. The van der Waals surface area contributed by atoms with Crippen LogP contribution in [0.4, 0.5) is 4.39 Å². The topological polar surface area (TPSA) is 58.6 Å². The van der Waals surface area contributed by atoms with Crippen LogP contribution < -0.4 is 10.1 Å². The van der Waals surface area contributed by atoms with E-state index < -0.39 is 11.9 Å². The van der Waals surface area contributed by atoms with Crippen LogP contribution in [0.1, 0.15) is 18.6 Å². The average molecular weight is 253 g/mol. The van der Waals surface area contributed by atoms with E-state index >= 15 is 0 Å². The Morgan fingerprint density at radius 2 is 2.39 bits per heavy atom. The van der Waals surface area contributed by atoms with Crippen LogP contribution >= 0.6 is 0 Å². The van der Waals surface area contributed by atoms with Crippen LogP contribution in [0.5, 0.6) is 5.75 Å².